The average molecular weight is 1360 g/mol. The third-order valence-corrected chi connectivity index (χ3v) is 18.4. The minimum absolute atomic E-state index is 0.241. The Morgan fingerprint density at radius 1 is 0.385 bits per heavy atom. The van der Waals surface area contributed by atoms with Gasteiger partial charge in [0.2, 0.25) is 5.91 Å². The second-order valence-electron chi connectivity index (χ2n) is 26.7. The number of hydrogen-bond donors (Lipinski definition) is 12. The number of amides is 1. The maximum Gasteiger partial charge on any atom is 0.220 e. The quantitative estimate of drug-likeness (QED) is 0.0199. The molecule has 17 atom stereocenters. The summed E-state index contributed by atoms with van der Waals surface area (Å²) >= 11 is 0. The second kappa shape index (κ2) is 57.6. The minimum Gasteiger partial charge on any atom is -0.394 e. The summed E-state index contributed by atoms with van der Waals surface area (Å²) in [5, 5.41) is 121. The van der Waals surface area contributed by atoms with Gasteiger partial charge in [-0.1, -0.05) is 272 Å². The topological polar surface area (TPSA) is 307 Å². The molecule has 96 heavy (non-hydrogen) atoms. The number of allylic oxidation sites excluding steroid dienone is 13. The van der Waals surface area contributed by atoms with Gasteiger partial charge in [0.1, 0.15) is 73.2 Å². The SMILES string of the molecule is CC/C=C\C/C=C\C/C=C\C/C=C\C/C=C\C/C=C\CCCCCCCCCCCCCCCCCCC(=O)NC(COC1OC(CO)C(OC2OC(CO)C(OC3OC(CO)C(O)C(O)C3O)C(O)C2O)C(O)C1O)C(O)/C=C/CCCCCCCCCCCCCCCC. The lowest BCUT2D eigenvalue weighted by atomic mass is 9.96. The van der Waals surface area contributed by atoms with E-state index in [0.717, 1.165) is 83.5 Å². The van der Waals surface area contributed by atoms with Crippen molar-refractivity contribution in [3.63, 3.8) is 0 Å². The number of aliphatic hydroxyl groups is 11. The van der Waals surface area contributed by atoms with E-state index in [4.69, 9.17) is 28.4 Å². The molecule has 556 valence electrons. The summed E-state index contributed by atoms with van der Waals surface area (Å²) in [6, 6.07) is -0.976. The van der Waals surface area contributed by atoms with Gasteiger partial charge in [-0.05, 0) is 70.6 Å². The Bertz CT molecular complexity index is 2070. The van der Waals surface area contributed by atoms with Crippen LogP contribution in [0.15, 0.2) is 85.1 Å². The van der Waals surface area contributed by atoms with E-state index >= 15 is 0 Å². The lowest BCUT2D eigenvalue weighted by Crippen LogP contribution is -2.66. The van der Waals surface area contributed by atoms with Crippen LogP contribution < -0.4 is 5.32 Å². The number of unbranched alkanes of at least 4 members (excludes halogenated alkanes) is 30. The van der Waals surface area contributed by atoms with Gasteiger partial charge in [-0.3, -0.25) is 4.79 Å². The summed E-state index contributed by atoms with van der Waals surface area (Å²) in [6.07, 6.45) is 48.5. The molecular formula is C77H135NO18. The molecule has 17 unspecified atom stereocenters. The zero-order valence-electron chi connectivity index (χ0n) is 59.1. The van der Waals surface area contributed by atoms with Crippen LogP contribution in [0.3, 0.4) is 0 Å². The number of carbonyl (C=O) groups excluding carboxylic acids is 1. The van der Waals surface area contributed by atoms with Gasteiger partial charge in [-0.2, -0.15) is 0 Å². The van der Waals surface area contributed by atoms with Crippen molar-refractivity contribution in [2.75, 3.05) is 26.4 Å². The molecule has 3 rings (SSSR count). The van der Waals surface area contributed by atoms with Crippen LogP contribution in [0.1, 0.15) is 264 Å². The van der Waals surface area contributed by atoms with Gasteiger partial charge in [0, 0.05) is 6.42 Å². The van der Waals surface area contributed by atoms with Crippen LogP contribution in [0, 0.1) is 0 Å². The molecule has 3 fully saturated rings. The first-order chi connectivity index (χ1) is 46.8. The Hall–Kier alpha value is -3.03. The van der Waals surface area contributed by atoms with E-state index in [1.165, 1.54) is 154 Å². The fourth-order valence-corrected chi connectivity index (χ4v) is 12.4. The average Bonchev–Trinajstić information content (AvgIpc) is 0.798. The maximum absolute atomic E-state index is 13.4. The maximum atomic E-state index is 13.4. The van der Waals surface area contributed by atoms with Crippen LogP contribution in [0.25, 0.3) is 0 Å². The van der Waals surface area contributed by atoms with E-state index in [-0.39, 0.29) is 18.9 Å². The summed E-state index contributed by atoms with van der Waals surface area (Å²) in [6.45, 7) is 1.63. The molecule has 0 radical (unpaired) electrons. The number of hydrogen-bond acceptors (Lipinski definition) is 18. The highest BCUT2D eigenvalue weighted by molar-refractivity contribution is 5.76. The molecule has 0 aromatic heterocycles. The van der Waals surface area contributed by atoms with Gasteiger partial charge in [0.15, 0.2) is 18.9 Å². The smallest absolute Gasteiger partial charge is 0.220 e. The molecular weight excluding hydrogens is 1230 g/mol. The summed E-state index contributed by atoms with van der Waals surface area (Å²) in [7, 11) is 0. The zero-order chi connectivity index (χ0) is 69.6. The van der Waals surface area contributed by atoms with Crippen molar-refractivity contribution < 1.29 is 89.4 Å². The van der Waals surface area contributed by atoms with Crippen molar-refractivity contribution in [2.24, 2.45) is 0 Å². The first-order valence-electron chi connectivity index (χ1n) is 37.8. The highest BCUT2D eigenvalue weighted by Gasteiger charge is 2.53. The molecule has 0 spiro atoms. The molecule has 0 aromatic carbocycles. The van der Waals surface area contributed by atoms with Gasteiger partial charge in [-0.15, -0.1) is 0 Å². The molecule has 3 aliphatic heterocycles. The fourth-order valence-electron chi connectivity index (χ4n) is 12.4. The number of nitrogens with one attached hydrogen (secondary N) is 1. The Morgan fingerprint density at radius 3 is 1.12 bits per heavy atom. The Balaban J connectivity index is 1.35. The predicted octanol–water partition coefficient (Wildman–Crippen LogP) is 11.4. The van der Waals surface area contributed by atoms with Crippen LogP contribution >= 0.6 is 0 Å². The molecule has 0 aliphatic carbocycles. The van der Waals surface area contributed by atoms with Gasteiger partial charge in [0.05, 0.1) is 38.6 Å². The van der Waals surface area contributed by atoms with E-state index in [1.54, 1.807) is 6.08 Å². The van der Waals surface area contributed by atoms with Crippen molar-refractivity contribution in [2.45, 2.75) is 369 Å². The van der Waals surface area contributed by atoms with E-state index in [9.17, 15) is 61.0 Å². The van der Waals surface area contributed by atoms with Gasteiger partial charge >= 0.3 is 0 Å². The normalized spacial score (nSPS) is 27.5. The van der Waals surface area contributed by atoms with Crippen LogP contribution in [-0.2, 0) is 33.2 Å². The Labute approximate surface area is 578 Å². The van der Waals surface area contributed by atoms with E-state index in [1.807, 2.05) is 6.08 Å². The van der Waals surface area contributed by atoms with Gasteiger partial charge in [0.25, 0.3) is 0 Å². The first-order valence-corrected chi connectivity index (χ1v) is 37.8. The van der Waals surface area contributed by atoms with Crippen LogP contribution in [-0.4, -0.2) is 193 Å². The van der Waals surface area contributed by atoms with E-state index in [2.05, 4.69) is 92.1 Å². The highest BCUT2D eigenvalue weighted by Crippen LogP contribution is 2.33. The second-order valence-corrected chi connectivity index (χ2v) is 26.7. The van der Waals surface area contributed by atoms with Crippen molar-refractivity contribution in [3.05, 3.63) is 85.1 Å². The molecule has 12 N–H and O–H groups in total. The third-order valence-electron chi connectivity index (χ3n) is 18.4. The van der Waals surface area contributed by atoms with Gasteiger partial charge < -0.3 is 89.9 Å². The minimum atomic E-state index is -1.98. The van der Waals surface area contributed by atoms with Crippen molar-refractivity contribution in [1.29, 1.82) is 0 Å². The monoisotopic (exact) mass is 1360 g/mol. The molecule has 3 aliphatic rings. The lowest BCUT2D eigenvalue weighted by Gasteiger charge is -2.48. The first kappa shape index (κ1) is 87.2. The lowest BCUT2D eigenvalue weighted by molar-refractivity contribution is -0.379. The molecule has 0 aromatic rings. The molecule has 1 amide bonds. The molecule has 0 bridgehead atoms. The van der Waals surface area contributed by atoms with E-state index in [0.29, 0.717) is 6.42 Å². The molecule has 0 saturated carbocycles. The fraction of sp³-hybridized carbons (Fsp3) is 0.805. The molecule has 3 heterocycles. The van der Waals surface area contributed by atoms with Crippen molar-refractivity contribution >= 4 is 5.91 Å². The molecule has 19 nitrogen and oxygen atoms in total. The van der Waals surface area contributed by atoms with Crippen LogP contribution in [0.2, 0.25) is 0 Å². The van der Waals surface area contributed by atoms with Gasteiger partial charge in [-0.25, -0.2) is 0 Å². The molecule has 3 saturated heterocycles. The number of aliphatic hydroxyl groups excluding tert-OH is 11. The Kier molecular flexibility index (Phi) is 52.3. The van der Waals surface area contributed by atoms with E-state index < -0.39 is 124 Å². The summed E-state index contributed by atoms with van der Waals surface area (Å²) in [5.41, 5.74) is 0. The summed E-state index contributed by atoms with van der Waals surface area (Å²) in [5.74, 6) is -0.276. The highest BCUT2D eigenvalue weighted by atomic mass is 16.8. The number of carbonyl (C=O) groups is 1. The predicted molar refractivity (Wildman–Crippen MR) is 378 cm³/mol. The summed E-state index contributed by atoms with van der Waals surface area (Å²) < 4.78 is 34.4. The van der Waals surface area contributed by atoms with Crippen LogP contribution in [0.5, 0.6) is 0 Å². The summed E-state index contributed by atoms with van der Waals surface area (Å²) in [4.78, 5) is 13.4. The standard InChI is InChI=1S/C77H135NO18/c1-3-5-7-9-11-13-15-17-19-21-22-23-24-25-26-27-28-29-30-31-32-33-34-35-36-37-38-39-41-43-45-47-49-51-53-55-65(83)78-60(61(82)54-52-50-48-46-44-42-40-20-18-16-14-12-10-8-6-4-2)59-91-75-71(89)68(86)73(63(57-80)93-75)96-77-72(90)69(87)74(64(58-81)94-77)95-76-70(88)67(85)66(84)62(56-79)92-76/h5,7,11,13,17,19,22-23,25-26,28-29,52,54,60-64,66-77,79-82,84-90H,3-4,6,8-10,12,14-16,18,20-21,24,27,30-51,53,55-59H2,1-2H3,(H,78,83)/b7-5-,13-11-,19-17-,23-22-,26-25-,29-28-,54-52+. The third kappa shape index (κ3) is 38.1. The number of ether oxygens (including phenoxy) is 6. The van der Waals surface area contributed by atoms with Crippen molar-refractivity contribution in [3.8, 4) is 0 Å². The Morgan fingerprint density at radius 2 is 0.719 bits per heavy atom. The van der Waals surface area contributed by atoms with Crippen molar-refractivity contribution in [1.82, 2.24) is 5.32 Å². The largest absolute Gasteiger partial charge is 0.394 e. The number of rotatable bonds is 58. The zero-order valence-corrected chi connectivity index (χ0v) is 59.1. The molecule has 19 heteroatoms. The van der Waals surface area contributed by atoms with Crippen LogP contribution in [0.4, 0.5) is 0 Å².